The van der Waals surface area contributed by atoms with E-state index in [1.54, 1.807) is 0 Å². The van der Waals surface area contributed by atoms with Crippen LogP contribution in [0.5, 0.6) is 0 Å². The minimum atomic E-state index is 0.703. The van der Waals surface area contributed by atoms with Crippen molar-refractivity contribution in [3.05, 3.63) is 59.9 Å². The van der Waals surface area contributed by atoms with Gasteiger partial charge < -0.3 is 0 Å². The van der Waals surface area contributed by atoms with Crippen molar-refractivity contribution in [2.75, 3.05) is 0 Å². The average molecular weight is 360 g/mol. The lowest BCUT2D eigenvalue weighted by Gasteiger charge is -2.10. The predicted octanol–water partition coefficient (Wildman–Crippen LogP) is 5.91. The summed E-state index contributed by atoms with van der Waals surface area (Å²) >= 11 is 1.90. The molecule has 4 aromatic rings. The largest absolute Gasteiger partial charge is 0.287 e. The van der Waals surface area contributed by atoms with E-state index in [-0.39, 0.29) is 0 Å². The smallest absolute Gasteiger partial charge is 0.231 e. The Hall–Kier alpha value is -2.26. The summed E-state index contributed by atoms with van der Waals surface area (Å²) in [4.78, 5) is 4.89. The van der Waals surface area contributed by atoms with Crippen molar-refractivity contribution < 1.29 is 4.57 Å². The van der Waals surface area contributed by atoms with Gasteiger partial charge in [-0.25, -0.2) is 4.57 Å². The summed E-state index contributed by atoms with van der Waals surface area (Å²) in [6.07, 6.45) is 7.35. The van der Waals surface area contributed by atoms with Gasteiger partial charge in [-0.2, -0.15) is 0 Å². The zero-order valence-electron chi connectivity index (χ0n) is 15.3. The first kappa shape index (κ1) is 16.0. The SMILES string of the molecule is Cc1ccccc1-c1c2sc3cccc(C4CCCC4)c3c2nc[n+]1C. The molecule has 0 radical (unpaired) electrons. The first-order chi connectivity index (χ1) is 12.7. The van der Waals surface area contributed by atoms with Crippen LogP contribution >= 0.6 is 11.3 Å². The standard InChI is InChI=1S/C23H23N2S/c1-15-8-3-6-11-17(15)22-23-21(24-14-25(22)2)20-18(16-9-4-5-10-16)12-7-13-19(20)26-23/h3,6-8,11-14,16H,4-5,9-10H2,1-2H3/q+1. The van der Waals surface area contributed by atoms with Crippen LogP contribution in [-0.4, -0.2) is 4.98 Å². The highest BCUT2D eigenvalue weighted by Gasteiger charge is 2.26. The van der Waals surface area contributed by atoms with Gasteiger partial charge in [-0.1, -0.05) is 49.2 Å². The van der Waals surface area contributed by atoms with Crippen LogP contribution in [0.15, 0.2) is 48.8 Å². The normalized spacial score (nSPS) is 15.3. The Morgan fingerprint density at radius 2 is 1.85 bits per heavy atom. The number of rotatable bonds is 2. The van der Waals surface area contributed by atoms with Crippen LogP contribution < -0.4 is 4.57 Å². The Kier molecular flexibility index (Phi) is 3.79. The predicted molar refractivity (Wildman–Crippen MR) is 110 cm³/mol. The molecule has 1 aliphatic rings. The van der Waals surface area contributed by atoms with E-state index < -0.39 is 0 Å². The van der Waals surface area contributed by atoms with Crippen molar-refractivity contribution in [2.24, 2.45) is 7.05 Å². The average Bonchev–Trinajstić information content (AvgIpc) is 3.30. The molecule has 26 heavy (non-hydrogen) atoms. The molecule has 0 spiro atoms. The van der Waals surface area contributed by atoms with Gasteiger partial charge in [-0.15, -0.1) is 11.3 Å². The molecule has 1 saturated carbocycles. The molecule has 0 aliphatic heterocycles. The van der Waals surface area contributed by atoms with Crippen LogP contribution in [-0.2, 0) is 7.05 Å². The molecule has 0 unspecified atom stereocenters. The quantitative estimate of drug-likeness (QED) is 0.407. The summed E-state index contributed by atoms with van der Waals surface area (Å²) in [5, 5.41) is 1.40. The maximum atomic E-state index is 4.89. The monoisotopic (exact) mass is 359 g/mol. The van der Waals surface area contributed by atoms with Crippen molar-refractivity contribution >= 4 is 31.6 Å². The van der Waals surface area contributed by atoms with E-state index in [0.29, 0.717) is 5.92 Å². The third-order valence-electron chi connectivity index (χ3n) is 5.85. The molecule has 2 aromatic heterocycles. The highest BCUT2D eigenvalue weighted by Crippen LogP contribution is 2.44. The molecule has 0 atom stereocenters. The van der Waals surface area contributed by atoms with Crippen LogP contribution in [0.3, 0.4) is 0 Å². The van der Waals surface area contributed by atoms with Gasteiger partial charge >= 0.3 is 0 Å². The van der Waals surface area contributed by atoms with Crippen LogP contribution in [0, 0.1) is 6.92 Å². The van der Waals surface area contributed by atoms with E-state index >= 15 is 0 Å². The highest BCUT2D eigenvalue weighted by atomic mass is 32.1. The zero-order chi connectivity index (χ0) is 17.7. The van der Waals surface area contributed by atoms with Crippen LogP contribution in [0.1, 0.15) is 42.7 Å². The number of hydrogen-bond acceptors (Lipinski definition) is 2. The molecule has 0 N–H and O–H groups in total. The van der Waals surface area contributed by atoms with Gasteiger partial charge in [0, 0.05) is 15.6 Å². The second-order valence-corrected chi connectivity index (χ2v) is 8.55. The molecular formula is C23H23N2S+. The third kappa shape index (κ3) is 2.38. The minimum Gasteiger partial charge on any atom is -0.231 e. The molecule has 2 nitrogen and oxygen atoms in total. The molecule has 130 valence electrons. The van der Waals surface area contributed by atoms with Gasteiger partial charge in [0.25, 0.3) is 6.33 Å². The van der Waals surface area contributed by atoms with Crippen LogP contribution in [0.25, 0.3) is 31.6 Å². The fraction of sp³-hybridized carbons (Fsp3) is 0.304. The van der Waals surface area contributed by atoms with E-state index in [2.05, 4.69) is 61.0 Å². The fourth-order valence-electron chi connectivity index (χ4n) is 4.53. The molecule has 1 aliphatic carbocycles. The molecule has 0 saturated heterocycles. The van der Waals surface area contributed by atoms with Gasteiger partial charge in [0.05, 0.1) is 7.05 Å². The topological polar surface area (TPSA) is 16.8 Å². The van der Waals surface area contributed by atoms with Crippen molar-refractivity contribution in [2.45, 2.75) is 38.5 Å². The van der Waals surface area contributed by atoms with E-state index in [0.717, 1.165) is 0 Å². The molecular weight excluding hydrogens is 336 g/mol. The number of hydrogen-bond donors (Lipinski definition) is 0. The van der Waals surface area contributed by atoms with E-state index in [9.17, 15) is 0 Å². The number of thiophene rings is 1. The number of benzene rings is 2. The lowest BCUT2D eigenvalue weighted by molar-refractivity contribution is -0.662. The highest BCUT2D eigenvalue weighted by molar-refractivity contribution is 7.26. The van der Waals surface area contributed by atoms with E-state index in [4.69, 9.17) is 4.98 Å². The van der Waals surface area contributed by atoms with Gasteiger partial charge in [0.15, 0.2) is 5.69 Å². The van der Waals surface area contributed by atoms with Crippen molar-refractivity contribution in [3.63, 3.8) is 0 Å². The second-order valence-electron chi connectivity index (χ2n) is 7.50. The Morgan fingerprint density at radius 3 is 2.65 bits per heavy atom. The Balaban J connectivity index is 1.86. The summed E-state index contributed by atoms with van der Waals surface area (Å²) in [7, 11) is 2.11. The van der Waals surface area contributed by atoms with Gasteiger partial charge in [0.2, 0.25) is 5.52 Å². The van der Waals surface area contributed by atoms with Gasteiger partial charge in [0.1, 0.15) is 4.70 Å². The Bertz CT molecular complexity index is 1120. The summed E-state index contributed by atoms with van der Waals surface area (Å²) in [6.45, 7) is 2.19. The second kappa shape index (κ2) is 6.17. The van der Waals surface area contributed by atoms with E-state index in [1.807, 2.05) is 17.7 Å². The summed E-state index contributed by atoms with van der Waals surface area (Å²) in [5.41, 5.74) is 6.60. The summed E-state index contributed by atoms with van der Waals surface area (Å²) < 4.78 is 4.86. The summed E-state index contributed by atoms with van der Waals surface area (Å²) in [6, 6.07) is 15.5. The van der Waals surface area contributed by atoms with Gasteiger partial charge in [-0.3, -0.25) is 0 Å². The van der Waals surface area contributed by atoms with E-state index in [1.165, 1.54) is 68.4 Å². The molecule has 5 rings (SSSR count). The molecule has 0 bridgehead atoms. The first-order valence-electron chi connectivity index (χ1n) is 9.50. The lowest BCUT2D eigenvalue weighted by atomic mass is 9.94. The molecule has 2 heterocycles. The van der Waals surface area contributed by atoms with Crippen LogP contribution in [0.2, 0.25) is 0 Å². The molecule has 0 amide bonds. The first-order valence-corrected chi connectivity index (χ1v) is 10.3. The summed E-state index contributed by atoms with van der Waals surface area (Å²) in [5.74, 6) is 0.703. The number of fused-ring (bicyclic) bond motifs is 3. The Labute approximate surface area is 158 Å². The number of nitrogens with zero attached hydrogens (tertiary/aromatic N) is 2. The van der Waals surface area contributed by atoms with Crippen LogP contribution in [0.4, 0.5) is 0 Å². The maximum Gasteiger partial charge on any atom is 0.287 e. The molecule has 2 aromatic carbocycles. The molecule has 3 heteroatoms. The third-order valence-corrected chi connectivity index (χ3v) is 7.00. The number of aromatic nitrogens is 2. The fourth-order valence-corrected chi connectivity index (χ4v) is 5.82. The maximum absolute atomic E-state index is 4.89. The minimum absolute atomic E-state index is 0.703. The van der Waals surface area contributed by atoms with Crippen molar-refractivity contribution in [1.82, 2.24) is 4.98 Å². The Morgan fingerprint density at radius 1 is 1.04 bits per heavy atom. The van der Waals surface area contributed by atoms with Crippen molar-refractivity contribution in [1.29, 1.82) is 0 Å². The van der Waals surface area contributed by atoms with Gasteiger partial charge in [-0.05, 0) is 47.9 Å². The molecule has 1 fully saturated rings. The zero-order valence-corrected chi connectivity index (χ0v) is 16.1. The number of aryl methyl sites for hydroxylation is 2. The van der Waals surface area contributed by atoms with Crippen molar-refractivity contribution in [3.8, 4) is 11.3 Å². The lowest BCUT2D eigenvalue weighted by Crippen LogP contribution is -2.31.